The van der Waals surface area contributed by atoms with Crippen LogP contribution in [-0.4, -0.2) is 22.0 Å². The molecule has 0 aliphatic carbocycles. The number of nitrogens with two attached hydrogens (primary N) is 2. The molecule has 1 atom stereocenters. The molecule has 0 radical (unpaired) electrons. The first-order valence-electron chi connectivity index (χ1n) is 10.8. The molecule has 0 bridgehead atoms. The molecule has 0 fully saturated rings. The zero-order chi connectivity index (χ0) is 23.4. The van der Waals surface area contributed by atoms with E-state index >= 15 is 0 Å². The molecule has 0 spiro atoms. The van der Waals surface area contributed by atoms with Gasteiger partial charge in [-0.25, -0.2) is 9.97 Å². The van der Waals surface area contributed by atoms with Crippen LogP contribution in [0.25, 0.3) is 11.3 Å². The van der Waals surface area contributed by atoms with Gasteiger partial charge in [0.25, 0.3) is 0 Å². The number of rotatable bonds is 7. The molecule has 1 unspecified atom stereocenters. The highest BCUT2D eigenvalue weighted by Crippen LogP contribution is 2.34. The molecule has 4 rings (SSSR count). The van der Waals surface area contributed by atoms with E-state index in [9.17, 15) is 0 Å². The number of benzene rings is 2. The molecule has 33 heavy (non-hydrogen) atoms. The topological polar surface area (TPSA) is 93.9 Å². The van der Waals surface area contributed by atoms with Gasteiger partial charge < -0.3 is 16.4 Å². The Morgan fingerprint density at radius 1 is 0.970 bits per heavy atom. The molecule has 2 aromatic carbocycles. The van der Waals surface area contributed by atoms with E-state index in [1.165, 1.54) is 5.56 Å². The van der Waals surface area contributed by atoms with Crippen LogP contribution in [-0.2, 0) is 13.0 Å². The molecule has 6 nitrogen and oxygen atoms in total. The minimum absolute atomic E-state index is 0.155. The number of hydrogen-bond donors (Lipinski definition) is 2. The van der Waals surface area contributed by atoms with Gasteiger partial charge in [-0.15, -0.1) is 0 Å². The number of hydrogen-bond acceptors (Lipinski definition) is 6. The van der Waals surface area contributed by atoms with E-state index in [2.05, 4.69) is 34.0 Å². The van der Waals surface area contributed by atoms with Crippen molar-refractivity contribution in [3.63, 3.8) is 0 Å². The highest BCUT2D eigenvalue weighted by Gasteiger charge is 2.19. The third-order valence-corrected chi connectivity index (χ3v) is 5.86. The lowest BCUT2D eigenvalue weighted by atomic mass is 9.94. The van der Waals surface area contributed by atoms with Gasteiger partial charge in [0, 0.05) is 36.6 Å². The van der Waals surface area contributed by atoms with Crippen molar-refractivity contribution >= 4 is 29.1 Å². The fourth-order valence-electron chi connectivity index (χ4n) is 3.91. The van der Waals surface area contributed by atoms with Crippen LogP contribution in [0.1, 0.15) is 29.5 Å². The van der Waals surface area contributed by atoms with Crippen LogP contribution < -0.4 is 16.4 Å². The van der Waals surface area contributed by atoms with Crippen molar-refractivity contribution in [2.75, 3.05) is 17.7 Å². The molecular weight excluding hydrogens is 432 g/mol. The number of anilines is 3. The maximum Gasteiger partial charge on any atom is 0.221 e. The molecular formula is C26H27ClN6. The van der Waals surface area contributed by atoms with Crippen molar-refractivity contribution in [3.8, 4) is 11.3 Å². The van der Waals surface area contributed by atoms with Crippen LogP contribution in [0, 0.1) is 0 Å². The Morgan fingerprint density at radius 2 is 1.73 bits per heavy atom. The highest BCUT2D eigenvalue weighted by atomic mass is 35.5. The van der Waals surface area contributed by atoms with Gasteiger partial charge >= 0.3 is 0 Å². The lowest BCUT2D eigenvalue weighted by Gasteiger charge is -2.24. The predicted octanol–water partition coefficient (Wildman–Crippen LogP) is 5.35. The summed E-state index contributed by atoms with van der Waals surface area (Å²) < 4.78 is 0. The molecule has 0 saturated carbocycles. The summed E-state index contributed by atoms with van der Waals surface area (Å²) >= 11 is 6.40. The summed E-state index contributed by atoms with van der Waals surface area (Å²) in [4.78, 5) is 15.3. The normalized spacial score (nSPS) is 11.9. The van der Waals surface area contributed by atoms with Gasteiger partial charge in [0.05, 0.1) is 5.69 Å². The largest absolute Gasteiger partial charge is 0.368 e. The minimum Gasteiger partial charge on any atom is -0.368 e. The van der Waals surface area contributed by atoms with Crippen LogP contribution in [0.5, 0.6) is 0 Å². The molecule has 7 heteroatoms. The van der Waals surface area contributed by atoms with Crippen LogP contribution in [0.3, 0.4) is 0 Å². The summed E-state index contributed by atoms with van der Waals surface area (Å²) in [6.07, 6.45) is 2.64. The molecule has 168 valence electrons. The molecule has 4 aromatic rings. The van der Waals surface area contributed by atoms with E-state index in [0.29, 0.717) is 11.7 Å². The summed E-state index contributed by atoms with van der Waals surface area (Å²) in [7, 11) is 1.95. The molecule has 2 aromatic heterocycles. The molecule has 0 saturated heterocycles. The Morgan fingerprint density at radius 3 is 2.48 bits per heavy atom. The second-order valence-electron chi connectivity index (χ2n) is 8.09. The summed E-state index contributed by atoms with van der Waals surface area (Å²) in [6, 6.07) is 22.1. The Bertz CT molecular complexity index is 1240. The smallest absolute Gasteiger partial charge is 0.221 e. The quantitative estimate of drug-likeness (QED) is 0.363. The SMILES string of the molecule is CC(Cc1cccc(CN)c1)c1cnc(N)nc1N(C)c1cc(Cl)nc(-c2ccccc2)c1. The van der Waals surface area contributed by atoms with Gasteiger partial charge in [0.15, 0.2) is 0 Å². The number of pyridine rings is 1. The average molecular weight is 459 g/mol. The van der Waals surface area contributed by atoms with Crippen molar-refractivity contribution in [2.24, 2.45) is 5.73 Å². The van der Waals surface area contributed by atoms with Crippen molar-refractivity contribution in [1.82, 2.24) is 15.0 Å². The third-order valence-electron chi connectivity index (χ3n) is 5.67. The zero-order valence-corrected chi connectivity index (χ0v) is 19.5. The van der Waals surface area contributed by atoms with Gasteiger partial charge in [0.1, 0.15) is 11.0 Å². The van der Waals surface area contributed by atoms with Crippen molar-refractivity contribution in [3.05, 3.63) is 94.8 Å². The van der Waals surface area contributed by atoms with E-state index in [1.807, 2.05) is 72.7 Å². The van der Waals surface area contributed by atoms with E-state index in [1.54, 1.807) is 0 Å². The third kappa shape index (κ3) is 5.30. The molecule has 4 N–H and O–H groups in total. The van der Waals surface area contributed by atoms with E-state index in [4.69, 9.17) is 23.1 Å². The zero-order valence-electron chi connectivity index (χ0n) is 18.7. The fraction of sp³-hybridized carbons (Fsp3) is 0.192. The van der Waals surface area contributed by atoms with E-state index in [-0.39, 0.29) is 11.9 Å². The average Bonchev–Trinajstić information content (AvgIpc) is 2.83. The maximum atomic E-state index is 6.40. The molecule has 2 heterocycles. The van der Waals surface area contributed by atoms with Crippen LogP contribution >= 0.6 is 11.6 Å². The Hall–Kier alpha value is -3.48. The standard InChI is InChI=1S/C26H27ClN6/c1-17(11-18-7-6-8-19(12-18)15-28)22-16-30-26(29)32-25(22)33(2)21-13-23(31-24(27)14-21)20-9-4-3-5-10-20/h3-10,12-14,16-17H,11,15,28H2,1-2H3,(H2,29,30,32). The molecule has 0 amide bonds. The van der Waals surface area contributed by atoms with Crippen LogP contribution in [0.15, 0.2) is 72.9 Å². The highest BCUT2D eigenvalue weighted by molar-refractivity contribution is 6.29. The second-order valence-corrected chi connectivity index (χ2v) is 8.48. The first-order valence-corrected chi connectivity index (χ1v) is 11.2. The van der Waals surface area contributed by atoms with E-state index in [0.717, 1.165) is 40.3 Å². The first kappa shape index (κ1) is 22.7. The van der Waals surface area contributed by atoms with Crippen LogP contribution in [0.4, 0.5) is 17.5 Å². The van der Waals surface area contributed by atoms with Crippen molar-refractivity contribution in [2.45, 2.75) is 25.8 Å². The minimum atomic E-state index is 0.155. The van der Waals surface area contributed by atoms with Crippen molar-refractivity contribution in [1.29, 1.82) is 0 Å². The first-order chi connectivity index (χ1) is 15.9. The number of halogens is 1. The Balaban J connectivity index is 1.69. The van der Waals surface area contributed by atoms with Crippen molar-refractivity contribution < 1.29 is 0 Å². The second kappa shape index (κ2) is 9.98. The number of nitrogen functional groups attached to an aromatic ring is 1. The predicted molar refractivity (Wildman–Crippen MR) is 136 cm³/mol. The van der Waals surface area contributed by atoms with Gasteiger partial charge in [-0.05, 0) is 35.6 Å². The van der Waals surface area contributed by atoms with Gasteiger partial charge in [-0.3, -0.25) is 0 Å². The lowest BCUT2D eigenvalue weighted by molar-refractivity contribution is 0.746. The molecule has 0 aliphatic rings. The summed E-state index contributed by atoms with van der Waals surface area (Å²) in [5.74, 6) is 1.12. The fourth-order valence-corrected chi connectivity index (χ4v) is 4.12. The van der Waals surface area contributed by atoms with Gasteiger partial charge in [-0.2, -0.15) is 4.98 Å². The van der Waals surface area contributed by atoms with Crippen LogP contribution in [0.2, 0.25) is 5.15 Å². The molecule has 0 aliphatic heterocycles. The Labute approximate surface area is 199 Å². The Kier molecular flexibility index (Phi) is 6.87. The summed E-state index contributed by atoms with van der Waals surface area (Å²) in [5.41, 5.74) is 17.8. The monoisotopic (exact) mass is 458 g/mol. The number of nitrogens with zero attached hydrogens (tertiary/aromatic N) is 4. The van der Waals surface area contributed by atoms with Gasteiger partial charge in [-0.1, -0.05) is 73.1 Å². The van der Waals surface area contributed by atoms with Gasteiger partial charge in [0.2, 0.25) is 5.95 Å². The van der Waals surface area contributed by atoms with E-state index < -0.39 is 0 Å². The maximum absolute atomic E-state index is 6.40. The number of aromatic nitrogens is 3. The summed E-state index contributed by atoms with van der Waals surface area (Å²) in [6.45, 7) is 2.68. The summed E-state index contributed by atoms with van der Waals surface area (Å²) in [5, 5.41) is 0.411. The lowest BCUT2D eigenvalue weighted by Crippen LogP contribution is -2.17.